The SMILES string of the molecule is C=C(c1ccc(-c2ccccc2)cc1)C1CCOC2(CCC(=O)CC2)OO1. The normalized spacial score (nSPS) is 22.4. The average molecular weight is 364 g/mol. The first-order valence-corrected chi connectivity index (χ1v) is 9.50. The Balaban J connectivity index is 1.43. The van der Waals surface area contributed by atoms with Gasteiger partial charge in [0.25, 0.3) is 0 Å². The van der Waals surface area contributed by atoms with Crippen molar-refractivity contribution in [2.45, 2.75) is 44.0 Å². The minimum atomic E-state index is -0.778. The topological polar surface area (TPSA) is 44.8 Å². The lowest BCUT2D eigenvalue weighted by Gasteiger charge is -2.33. The van der Waals surface area contributed by atoms with Crippen LogP contribution < -0.4 is 0 Å². The Kier molecular flexibility index (Phi) is 5.21. The van der Waals surface area contributed by atoms with Gasteiger partial charge in [-0.1, -0.05) is 61.2 Å². The Morgan fingerprint density at radius 1 is 0.963 bits per heavy atom. The van der Waals surface area contributed by atoms with E-state index in [-0.39, 0.29) is 11.9 Å². The van der Waals surface area contributed by atoms with Crippen LogP contribution in [0.25, 0.3) is 16.7 Å². The second-order valence-corrected chi connectivity index (χ2v) is 7.22. The van der Waals surface area contributed by atoms with E-state index in [4.69, 9.17) is 14.5 Å². The van der Waals surface area contributed by atoms with Gasteiger partial charge >= 0.3 is 0 Å². The van der Waals surface area contributed by atoms with Crippen molar-refractivity contribution in [3.05, 3.63) is 66.7 Å². The monoisotopic (exact) mass is 364 g/mol. The van der Waals surface area contributed by atoms with Crippen molar-refractivity contribution in [3.8, 4) is 11.1 Å². The summed E-state index contributed by atoms with van der Waals surface area (Å²) in [4.78, 5) is 22.9. The molecule has 1 unspecified atom stereocenters. The Morgan fingerprint density at radius 2 is 1.63 bits per heavy atom. The van der Waals surface area contributed by atoms with Gasteiger partial charge in [0, 0.05) is 32.1 Å². The van der Waals surface area contributed by atoms with Crippen molar-refractivity contribution >= 4 is 11.4 Å². The highest BCUT2D eigenvalue weighted by Gasteiger charge is 2.41. The second kappa shape index (κ2) is 7.77. The molecule has 1 saturated carbocycles. The molecule has 4 nitrogen and oxygen atoms in total. The zero-order chi connectivity index (χ0) is 18.7. The van der Waals surface area contributed by atoms with Gasteiger partial charge in [0.1, 0.15) is 11.9 Å². The summed E-state index contributed by atoms with van der Waals surface area (Å²) < 4.78 is 5.93. The summed E-state index contributed by atoms with van der Waals surface area (Å²) >= 11 is 0. The van der Waals surface area contributed by atoms with Crippen molar-refractivity contribution in [2.24, 2.45) is 0 Å². The van der Waals surface area contributed by atoms with E-state index in [2.05, 4.69) is 43.0 Å². The molecular weight excluding hydrogens is 340 g/mol. The first kappa shape index (κ1) is 18.1. The summed E-state index contributed by atoms with van der Waals surface area (Å²) in [5.41, 5.74) is 4.26. The molecule has 4 heteroatoms. The molecule has 27 heavy (non-hydrogen) atoms. The maximum Gasteiger partial charge on any atom is 0.202 e. The van der Waals surface area contributed by atoms with Gasteiger partial charge in [-0.3, -0.25) is 4.79 Å². The lowest BCUT2D eigenvalue weighted by atomic mass is 9.93. The third kappa shape index (κ3) is 4.03. The minimum Gasteiger partial charge on any atom is -0.347 e. The van der Waals surface area contributed by atoms with Gasteiger partial charge in [0.2, 0.25) is 5.79 Å². The van der Waals surface area contributed by atoms with Crippen LogP contribution >= 0.6 is 0 Å². The molecule has 0 radical (unpaired) electrons. The summed E-state index contributed by atoms with van der Waals surface area (Å²) in [6, 6.07) is 18.6. The summed E-state index contributed by atoms with van der Waals surface area (Å²) in [7, 11) is 0. The number of benzene rings is 2. The quantitative estimate of drug-likeness (QED) is 0.724. The van der Waals surface area contributed by atoms with E-state index in [9.17, 15) is 4.79 Å². The molecule has 1 spiro atoms. The molecule has 2 fully saturated rings. The fourth-order valence-electron chi connectivity index (χ4n) is 3.63. The van der Waals surface area contributed by atoms with Crippen LogP contribution in [0.5, 0.6) is 0 Å². The third-order valence-electron chi connectivity index (χ3n) is 5.38. The molecule has 140 valence electrons. The number of ketones is 1. The van der Waals surface area contributed by atoms with Crippen LogP contribution in [0.3, 0.4) is 0 Å². The predicted octanol–water partition coefficient (Wildman–Crippen LogP) is 4.94. The molecule has 1 aliphatic heterocycles. The molecule has 4 rings (SSSR count). The molecule has 1 saturated heterocycles. The summed E-state index contributed by atoms with van der Waals surface area (Å²) in [5, 5.41) is 0. The standard InChI is InChI=1S/C23H24O4/c1-17(18-7-9-20(10-8-18)19-5-3-2-4-6-19)22-13-16-25-23(27-26-22)14-11-21(24)12-15-23/h2-10,22H,1,11-16H2. The number of hydrogen-bond donors (Lipinski definition) is 0. The Morgan fingerprint density at radius 3 is 2.33 bits per heavy atom. The van der Waals surface area contributed by atoms with E-state index in [1.54, 1.807) is 0 Å². The number of ether oxygens (including phenoxy) is 1. The van der Waals surface area contributed by atoms with Crippen LogP contribution in [-0.4, -0.2) is 24.3 Å². The van der Waals surface area contributed by atoms with Crippen molar-refractivity contribution in [1.82, 2.24) is 0 Å². The van der Waals surface area contributed by atoms with Crippen LogP contribution in [0.2, 0.25) is 0 Å². The molecule has 1 heterocycles. The van der Waals surface area contributed by atoms with Crippen LogP contribution in [0.15, 0.2) is 61.2 Å². The van der Waals surface area contributed by atoms with Crippen LogP contribution in [-0.2, 0) is 19.3 Å². The van der Waals surface area contributed by atoms with Gasteiger partial charge in [-0.05, 0) is 22.3 Å². The average Bonchev–Trinajstić information content (AvgIpc) is 2.93. The highest BCUT2D eigenvalue weighted by atomic mass is 17.2. The minimum absolute atomic E-state index is 0.260. The molecule has 0 amide bonds. The second-order valence-electron chi connectivity index (χ2n) is 7.22. The van der Waals surface area contributed by atoms with Crippen LogP contribution in [0.4, 0.5) is 0 Å². The van der Waals surface area contributed by atoms with E-state index in [0.29, 0.717) is 38.7 Å². The van der Waals surface area contributed by atoms with Gasteiger partial charge in [0.05, 0.1) is 6.61 Å². The molecule has 2 aromatic carbocycles. The first-order valence-electron chi connectivity index (χ1n) is 9.50. The van der Waals surface area contributed by atoms with Gasteiger partial charge < -0.3 is 4.74 Å². The number of carbonyl (C=O) groups excluding carboxylic acids is 1. The Bertz CT molecular complexity index is 800. The number of carbonyl (C=O) groups is 1. The molecule has 2 aliphatic rings. The van der Waals surface area contributed by atoms with Crippen molar-refractivity contribution in [2.75, 3.05) is 6.61 Å². The summed E-state index contributed by atoms with van der Waals surface area (Å²) in [5.74, 6) is -0.517. The van der Waals surface area contributed by atoms with Crippen molar-refractivity contribution in [3.63, 3.8) is 0 Å². The maximum absolute atomic E-state index is 11.5. The lowest BCUT2D eigenvalue weighted by Crippen LogP contribution is -2.39. The number of hydrogen-bond acceptors (Lipinski definition) is 4. The zero-order valence-electron chi connectivity index (χ0n) is 15.4. The largest absolute Gasteiger partial charge is 0.347 e. The van der Waals surface area contributed by atoms with Gasteiger partial charge in [-0.2, -0.15) is 0 Å². The number of Topliss-reactive ketones (excluding diaryl/α,β-unsaturated/α-hetero) is 1. The highest BCUT2D eigenvalue weighted by molar-refractivity contribution is 5.79. The molecule has 0 bridgehead atoms. The molecule has 0 N–H and O–H groups in total. The van der Waals surface area contributed by atoms with E-state index >= 15 is 0 Å². The predicted molar refractivity (Wildman–Crippen MR) is 104 cm³/mol. The number of rotatable bonds is 3. The lowest BCUT2D eigenvalue weighted by molar-refractivity contribution is -0.427. The molecule has 1 atom stereocenters. The molecule has 2 aromatic rings. The van der Waals surface area contributed by atoms with Gasteiger partial charge in [-0.15, -0.1) is 0 Å². The highest BCUT2D eigenvalue weighted by Crippen LogP contribution is 2.36. The fourth-order valence-corrected chi connectivity index (χ4v) is 3.63. The summed E-state index contributed by atoms with van der Waals surface area (Å²) in [6.45, 7) is 4.75. The fraction of sp³-hybridized carbons (Fsp3) is 0.348. The van der Waals surface area contributed by atoms with E-state index in [1.165, 1.54) is 11.1 Å². The van der Waals surface area contributed by atoms with Crippen molar-refractivity contribution in [1.29, 1.82) is 0 Å². The zero-order valence-corrected chi connectivity index (χ0v) is 15.4. The first-order chi connectivity index (χ1) is 13.2. The summed E-state index contributed by atoms with van der Waals surface area (Å²) in [6.07, 6.45) is 2.48. The Hall–Kier alpha value is -2.27. The molecular formula is C23H24O4. The van der Waals surface area contributed by atoms with E-state index in [0.717, 1.165) is 11.1 Å². The molecule has 1 aliphatic carbocycles. The van der Waals surface area contributed by atoms with Crippen LogP contribution in [0.1, 0.15) is 37.7 Å². The van der Waals surface area contributed by atoms with E-state index < -0.39 is 5.79 Å². The van der Waals surface area contributed by atoms with Gasteiger partial charge in [0.15, 0.2) is 0 Å². The smallest absolute Gasteiger partial charge is 0.202 e. The van der Waals surface area contributed by atoms with Crippen LogP contribution in [0, 0.1) is 0 Å². The van der Waals surface area contributed by atoms with E-state index in [1.807, 2.05) is 18.2 Å². The maximum atomic E-state index is 11.5. The molecule has 0 aromatic heterocycles. The Labute approximate surface area is 159 Å². The van der Waals surface area contributed by atoms with Gasteiger partial charge in [-0.25, -0.2) is 9.78 Å². The van der Waals surface area contributed by atoms with Crippen molar-refractivity contribution < 1.29 is 19.3 Å². The third-order valence-corrected chi connectivity index (χ3v) is 5.38.